The monoisotopic (exact) mass is 272 g/mol. The zero-order chi connectivity index (χ0) is 14.1. The summed E-state index contributed by atoms with van der Waals surface area (Å²) in [5.41, 5.74) is 6.79. The first-order valence-corrected chi connectivity index (χ1v) is 7.36. The number of rotatable bonds is 3. The van der Waals surface area contributed by atoms with Crippen molar-refractivity contribution in [2.24, 2.45) is 17.6 Å². The van der Waals surface area contributed by atoms with Crippen molar-refractivity contribution in [1.82, 2.24) is 4.90 Å². The van der Waals surface area contributed by atoms with Crippen LogP contribution in [0.15, 0.2) is 30.3 Å². The number of carbonyl (C=O) groups excluding carboxylic acids is 2. The SMILES string of the molecule is NCC(c1ccccc1)N1C(=O)C2CCCCC2C1=O. The number of fused-ring (bicyclic) bond motifs is 1. The van der Waals surface area contributed by atoms with Crippen LogP contribution in [0.3, 0.4) is 0 Å². The predicted octanol–water partition coefficient (Wildman–Crippen LogP) is 1.86. The van der Waals surface area contributed by atoms with Crippen LogP contribution in [-0.2, 0) is 9.59 Å². The van der Waals surface area contributed by atoms with Crippen molar-refractivity contribution < 1.29 is 9.59 Å². The van der Waals surface area contributed by atoms with Crippen molar-refractivity contribution >= 4 is 11.8 Å². The van der Waals surface area contributed by atoms with E-state index >= 15 is 0 Å². The Kier molecular flexibility index (Phi) is 3.57. The van der Waals surface area contributed by atoms with Gasteiger partial charge in [-0.25, -0.2) is 0 Å². The molecule has 1 saturated heterocycles. The van der Waals surface area contributed by atoms with Crippen LogP contribution >= 0.6 is 0 Å². The molecule has 3 unspecified atom stereocenters. The minimum Gasteiger partial charge on any atom is -0.328 e. The molecule has 20 heavy (non-hydrogen) atoms. The second-order valence-electron chi connectivity index (χ2n) is 5.71. The van der Waals surface area contributed by atoms with Gasteiger partial charge in [-0.05, 0) is 18.4 Å². The zero-order valence-electron chi connectivity index (χ0n) is 11.5. The lowest BCUT2D eigenvalue weighted by Gasteiger charge is -2.26. The number of amides is 2. The maximum atomic E-state index is 12.6. The largest absolute Gasteiger partial charge is 0.328 e. The Hall–Kier alpha value is -1.68. The van der Waals surface area contributed by atoms with Gasteiger partial charge in [0.2, 0.25) is 11.8 Å². The van der Waals surface area contributed by atoms with E-state index < -0.39 is 0 Å². The second kappa shape index (κ2) is 5.37. The number of nitrogens with zero attached hydrogens (tertiary/aromatic N) is 1. The van der Waals surface area contributed by atoms with Crippen molar-refractivity contribution in [3.05, 3.63) is 35.9 Å². The molecule has 3 rings (SSSR count). The Balaban J connectivity index is 1.92. The van der Waals surface area contributed by atoms with E-state index in [1.165, 1.54) is 4.90 Å². The van der Waals surface area contributed by atoms with Crippen LogP contribution in [0.25, 0.3) is 0 Å². The highest BCUT2D eigenvalue weighted by atomic mass is 16.2. The molecular weight excluding hydrogens is 252 g/mol. The summed E-state index contributed by atoms with van der Waals surface area (Å²) in [5.74, 6) is -0.235. The Bertz CT molecular complexity index is 490. The van der Waals surface area contributed by atoms with Crippen molar-refractivity contribution in [2.45, 2.75) is 31.7 Å². The van der Waals surface area contributed by atoms with Crippen molar-refractivity contribution in [2.75, 3.05) is 6.54 Å². The van der Waals surface area contributed by atoms with Crippen LogP contribution in [0.2, 0.25) is 0 Å². The van der Waals surface area contributed by atoms with Crippen LogP contribution in [0, 0.1) is 11.8 Å². The van der Waals surface area contributed by atoms with Gasteiger partial charge in [0.25, 0.3) is 0 Å². The summed E-state index contributed by atoms with van der Waals surface area (Å²) < 4.78 is 0. The van der Waals surface area contributed by atoms with E-state index in [9.17, 15) is 9.59 Å². The van der Waals surface area contributed by atoms with Gasteiger partial charge in [0.15, 0.2) is 0 Å². The van der Waals surface area contributed by atoms with E-state index in [0.29, 0.717) is 0 Å². The molecule has 4 heteroatoms. The molecule has 0 bridgehead atoms. The molecule has 1 aromatic rings. The quantitative estimate of drug-likeness (QED) is 0.854. The van der Waals surface area contributed by atoms with Crippen LogP contribution < -0.4 is 5.73 Å². The van der Waals surface area contributed by atoms with Gasteiger partial charge in [0, 0.05) is 6.54 Å². The van der Waals surface area contributed by atoms with Crippen molar-refractivity contribution in [1.29, 1.82) is 0 Å². The molecule has 2 fully saturated rings. The molecule has 2 amide bonds. The molecule has 0 radical (unpaired) electrons. The van der Waals surface area contributed by atoms with Crippen LogP contribution in [0.1, 0.15) is 37.3 Å². The third-order valence-electron chi connectivity index (χ3n) is 4.59. The average molecular weight is 272 g/mol. The minimum atomic E-state index is -0.318. The van der Waals surface area contributed by atoms with Gasteiger partial charge in [-0.1, -0.05) is 43.2 Å². The minimum absolute atomic E-state index is 0.0148. The molecule has 2 N–H and O–H groups in total. The van der Waals surface area contributed by atoms with E-state index in [4.69, 9.17) is 5.73 Å². The lowest BCUT2D eigenvalue weighted by atomic mass is 9.81. The van der Waals surface area contributed by atoms with E-state index in [-0.39, 0.29) is 36.2 Å². The van der Waals surface area contributed by atoms with Crippen LogP contribution in [-0.4, -0.2) is 23.3 Å². The summed E-state index contributed by atoms with van der Waals surface area (Å²) in [6, 6.07) is 9.29. The molecule has 1 heterocycles. The molecule has 0 aromatic heterocycles. The summed E-state index contributed by atoms with van der Waals surface area (Å²) in [7, 11) is 0. The lowest BCUT2D eigenvalue weighted by Crippen LogP contribution is -2.38. The number of nitrogens with two attached hydrogens (primary N) is 1. The number of likely N-dealkylation sites (tertiary alicyclic amines) is 1. The highest BCUT2D eigenvalue weighted by molar-refractivity contribution is 6.05. The molecule has 1 aromatic carbocycles. The number of hydrogen-bond donors (Lipinski definition) is 1. The van der Waals surface area contributed by atoms with Gasteiger partial charge >= 0.3 is 0 Å². The fraction of sp³-hybridized carbons (Fsp3) is 0.500. The lowest BCUT2D eigenvalue weighted by molar-refractivity contribution is -0.142. The van der Waals surface area contributed by atoms with Gasteiger partial charge < -0.3 is 5.73 Å². The maximum Gasteiger partial charge on any atom is 0.233 e. The summed E-state index contributed by atoms with van der Waals surface area (Å²) in [4.78, 5) is 26.6. The fourth-order valence-corrected chi connectivity index (χ4v) is 3.56. The van der Waals surface area contributed by atoms with E-state index in [1.54, 1.807) is 0 Å². The molecule has 1 saturated carbocycles. The predicted molar refractivity (Wildman–Crippen MR) is 75.5 cm³/mol. The summed E-state index contributed by atoms with van der Waals surface area (Å²) in [6.07, 6.45) is 3.79. The first-order chi connectivity index (χ1) is 9.74. The standard InChI is InChI=1S/C16H20N2O2/c17-10-14(11-6-2-1-3-7-11)18-15(19)12-8-4-5-9-13(12)16(18)20/h1-3,6-7,12-14H,4-5,8-10,17H2. The molecule has 3 atom stereocenters. The molecule has 0 spiro atoms. The zero-order valence-corrected chi connectivity index (χ0v) is 11.5. The molecule has 106 valence electrons. The molecule has 1 aliphatic heterocycles. The fourth-order valence-electron chi connectivity index (χ4n) is 3.56. The number of imide groups is 1. The van der Waals surface area contributed by atoms with E-state index in [2.05, 4.69) is 0 Å². The van der Waals surface area contributed by atoms with Crippen molar-refractivity contribution in [3.63, 3.8) is 0 Å². The third-order valence-corrected chi connectivity index (χ3v) is 4.59. The Labute approximate surface area is 118 Å². The van der Waals surface area contributed by atoms with Gasteiger partial charge in [0.05, 0.1) is 17.9 Å². The normalized spacial score (nSPS) is 27.6. The first-order valence-electron chi connectivity index (χ1n) is 7.36. The van der Waals surface area contributed by atoms with Crippen LogP contribution in [0.4, 0.5) is 0 Å². The van der Waals surface area contributed by atoms with Gasteiger partial charge in [-0.3, -0.25) is 14.5 Å². The molecule has 2 aliphatic rings. The summed E-state index contributed by atoms with van der Waals surface area (Å²) in [5, 5.41) is 0. The third kappa shape index (κ3) is 2.04. The topological polar surface area (TPSA) is 63.4 Å². The van der Waals surface area contributed by atoms with E-state index in [1.807, 2.05) is 30.3 Å². The Morgan fingerprint density at radius 3 is 2.10 bits per heavy atom. The van der Waals surface area contributed by atoms with Gasteiger partial charge in [0.1, 0.15) is 0 Å². The van der Waals surface area contributed by atoms with Crippen LogP contribution in [0.5, 0.6) is 0 Å². The number of hydrogen-bond acceptors (Lipinski definition) is 3. The van der Waals surface area contributed by atoms with E-state index in [0.717, 1.165) is 31.2 Å². The summed E-state index contributed by atoms with van der Waals surface area (Å²) in [6.45, 7) is 0.279. The van der Waals surface area contributed by atoms with Crippen molar-refractivity contribution in [3.8, 4) is 0 Å². The average Bonchev–Trinajstić information content (AvgIpc) is 2.75. The highest BCUT2D eigenvalue weighted by Gasteiger charge is 2.50. The summed E-state index contributed by atoms with van der Waals surface area (Å²) >= 11 is 0. The number of benzene rings is 1. The molecule has 4 nitrogen and oxygen atoms in total. The molecular formula is C16H20N2O2. The highest BCUT2D eigenvalue weighted by Crippen LogP contribution is 2.41. The maximum absolute atomic E-state index is 12.6. The smallest absolute Gasteiger partial charge is 0.233 e. The van der Waals surface area contributed by atoms with Gasteiger partial charge in [-0.15, -0.1) is 0 Å². The Morgan fingerprint density at radius 2 is 1.60 bits per heavy atom. The Morgan fingerprint density at radius 1 is 1.05 bits per heavy atom. The first kappa shape index (κ1) is 13.3. The molecule has 1 aliphatic carbocycles. The number of carbonyl (C=O) groups is 2. The second-order valence-corrected chi connectivity index (χ2v) is 5.71. The van der Waals surface area contributed by atoms with Gasteiger partial charge in [-0.2, -0.15) is 0 Å².